The molecule has 2 rings (SSSR count). The largest absolute Gasteiger partial charge is 0.481 e. The van der Waals surface area contributed by atoms with Crippen molar-refractivity contribution in [1.82, 2.24) is 20.2 Å². The summed E-state index contributed by atoms with van der Waals surface area (Å²) in [5.74, 6) is -1.05. The van der Waals surface area contributed by atoms with Crippen LogP contribution in [0, 0.1) is 5.82 Å². The van der Waals surface area contributed by atoms with E-state index in [0.29, 0.717) is 15.9 Å². The van der Waals surface area contributed by atoms with Crippen LogP contribution in [0.1, 0.15) is 19.4 Å². The molecule has 0 radical (unpaired) electrons. The lowest BCUT2D eigenvalue weighted by Gasteiger charge is -2.11. The third-order valence-corrected chi connectivity index (χ3v) is 3.20. The fourth-order valence-corrected chi connectivity index (χ4v) is 1.90. The quantitative estimate of drug-likeness (QED) is 0.931. The van der Waals surface area contributed by atoms with E-state index in [0.717, 1.165) is 0 Å². The van der Waals surface area contributed by atoms with E-state index in [2.05, 4.69) is 31.5 Å². The van der Waals surface area contributed by atoms with Gasteiger partial charge >= 0.3 is 5.97 Å². The number of nitrogens with zero attached hydrogens (tertiary/aromatic N) is 4. The van der Waals surface area contributed by atoms with Crippen molar-refractivity contribution in [3.05, 3.63) is 28.5 Å². The molecule has 0 spiro atoms. The second-order valence-corrected chi connectivity index (χ2v) is 4.88. The average Bonchev–Trinajstić information content (AvgIpc) is 2.81. The first-order chi connectivity index (χ1) is 8.99. The molecular weight excluding hydrogens is 319 g/mol. The summed E-state index contributed by atoms with van der Waals surface area (Å²) < 4.78 is 15.2. The maximum atomic E-state index is 13.5. The summed E-state index contributed by atoms with van der Waals surface area (Å²) in [7, 11) is 0. The summed E-state index contributed by atoms with van der Waals surface area (Å²) >= 11 is 3.06. The van der Waals surface area contributed by atoms with Crippen LogP contribution in [0.25, 0.3) is 11.4 Å². The number of aliphatic carboxylic acids is 1. The number of benzene rings is 1. The molecule has 2 aromatic rings. The topological polar surface area (TPSA) is 80.9 Å². The molecule has 1 unspecified atom stereocenters. The van der Waals surface area contributed by atoms with Gasteiger partial charge in [0.1, 0.15) is 5.82 Å². The van der Waals surface area contributed by atoms with Gasteiger partial charge in [-0.15, -0.1) is 5.10 Å². The highest BCUT2D eigenvalue weighted by Gasteiger charge is 2.17. The zero-order valence-corrected chi connectivity index (χ0v) is 11.5. The van der Waals surface area contributed by atoms with Gasteiger partial charge in [-0.3, -0.25) is 4.79 Å². The van der Waals surface area contributed by atoms with Crippen LogP contribution in [-0.2, 0) is 4.79 Å². The second-order valence-electron chi connectivity index (χ2n) is 4.02. The van der Waals surface area contributed by atoms with Gasteiger partial charge in [0, 0.05) is 5.56 Å². The minimum absolute atomic E-state index is 0.114. The molecule has 100 valence electrons. The fourth-order valence-electron chi connectivity index (χ4n) is 1.65. The minimum Gasteiger partial charge on any atom is -0.481 e. The fraction of sp³-hybridized carbons (Fsp3) is 0.273. The molecular formula is C11H10BrFN4O2. The number of tetrazole rings is 1. The van der Waals surface area contributed by atoms with Crippen LogP contribution < -0.4 is 0 Å². The molecule has 1 aromatic heterocycles. The van der Waals surface area contributed by atoms with Gasteiger partial charge in [-0.2, -0.15) is 0 Å². The first-order valence-corrected chi connectivity index (χ1v) is 6.23. The van der Waals surface area contributed by atoms with Crippen molar-refractivity contribution in [2.24, 2.45) is 0 Å². The van der Waals surface area contributed by atoms with Gasteiger partial charge in [-0.05, 0) is 51.5 Å². The maximum absolute atomic E-state index is 13.5. The van der Waals surface area contributed by atoms with Crippen LogP contribution in [0.5, 0.6) is 0 Å². The van der Waals surface area contributed by atoms with Crippen LogP contribution in [-0.4, -0.2) is 31.3 Å². The van der Waals surface area contributed by atoms with Gasteiger partial charge in [-0.1, -0.05) is 0 Å². The second kappa shape index (κ2) is 5.43. The number of carbonyl (C=O) groups is 1. The Morgan fingerprint density at radius 1 is 1.58 bits per heavy atom. The molecule has 6 nitrogen and oxygen atoms in total. The maximum Gasteiger partial charge on any atom is 0.305 e. The average molecular weight is 329 g/mol. The van der Waals surface area contributed by atoms with Crippen molar-refractivity contribution in [2.45, 2.75) is 19.4 Å². The van der Waals surface area contributed by atoms with Crippen LogP contribution in [0.2, 0.25) is 0 Å². The summed E-state index contributed by atoms with van der Waals surface area (Å²) in [4.78, 5) is 10.7. The highest BCUT2D eigenvalue weighted by Crippen LogP contribution is 2.24. The third kappa shape index (κ3) is 2.95. The van der Waals surface area contributed by atoms with Crippen molar-refractivity contribution >= 4 is 21.9 Å². The molecule has 0 aliphatic heterocycles. The monoisotopic (exact) mass is 328 g/mol. The van der Waals surface area contributed by atoms with Crippen molar-refractivity contribution in [2.75, 3.05) is 0 Å². The lowest BCUT2D eigenvalue weighted by molar-refractivity contribution is -0.137. The molecule has 0 saturated carbocycles. The molecule has 0 fully saturated rings. The van der Waals surface area contributed by atoms with Gasteiger partial charge in [0.15, 0.2) is 5.82 Å². The van der Waals surface area contributed by atoms with E-state index >= 15 is 0 Å². The molecule has 1 heterocycles. The van der Waals surface area contributed by atoms with Gasteiger partial charge in [0.05, 0.1) is 16.9 Å². The molecule has 1 aromatic carbocycles. The molecule has 8 heteroatoms. The standard InChI is InChI=1S/C11H10BrFN4O2/c1-6(4-10(18)19)17-11(14-15-16-17)7-2-3-8(12)9(13)5-7/h2-3,5-6H,4H2,1H3,(H,18,19). The number of hydrogen-bond donors (Lipinski definition) is 1. The van der Waals surface area contributed by atoms with E-state index in [1.165, 1.54) is 10.7 Å². The van der Waals surface area contributed by atoms with Gasteiger partial charge in [0.25, 0.3) is 0 Å². The molecule has 19 heavy (non-hydrogen) atoms. The van der Waals surface area contributed by atoms with Crippen LogP contribution >= 0.6 is 15.9 Å². The van der Waals surface area contributed by atoms with E-state index in [-0.39, 0.29) is 6.42 Å². The number of halogens is 2. The van der Waals surface area contributed by atoms with Gasteiger partial charge in [-0.25, -0.2) is 9.07 Å². The Labute approximate surface area is 116 Å². The smallest absolute Gasteiger partial charge is 0.305 e. The lowest BCUT2D eigenvalue weighted by atomic mass is 10.2. The molecule has 0 bridgehead atoms. The lowest BCUT2D eigenvalue weighted by Crippen LogP contribution is -2.13. The number of carboxylic acids is 1. The predicted molar refractivity (Wildman–Crippen MR) is 67.9 cm³/mol. The van der Waals surface area contributed by atoms with E-state index in [4.69, 9.17) is 5.11 Å². The Hall–Kier alpha value is -1.83. The molecule has 0 amide bonds. The Kier molecular flexibility index (Phi) is 3.89. The van der Waals surface area contributed by atoms with Crippen molar-refractivity contribution in [1.29, 1.82) is 0 Å². The van der Waals surface area contributed by atoms with E-state index < -0.39 is 17.8 Å². The summed E-state index contributed by atoms with van der Waals surface area (Å²) in [5.41, 5.74) is 0.489. The normalized spacial score (nSPS) is 12.4. The van der Waals surface area contributed by atoms with Crippen molar-refractivity contribution in [3.63, 3.8) is 0 Å². The van der Waals surface area contributed by atoms with Crippen molar-refractivity contribution < 1.29 is 14.3 Å². The zero-order chi connectivity index (χ0) is 14.0. The first kappa shape index (κ1) is 13.6. The molecule has 0 aliphatic rings. The molecule has 0 aliphatic carbocycles. The Morgan fingerprint density at radius 3 is 2.95 bits per heavy atom. The van der Waals surface area contributed by atoms with E-state index in [9.17, 15) is 9.18 Å². The SMILES string of the molecule is CC(CC(=O)O)n1nnnc1-c1ccc(Br)c(F)c1. The molecule has 1 atom stereocenters. The Bertz CT molecular complexity index is 616. The number of aromatic nitrogens is 4. The third-order valence-electron chi connectivity index (χ3n) is 2.56. The van der Waals surface area contributed by atoms with Gasteiger partial charge < -0.3 is 5.11 Å². The summed E-state index contributed by atoms with van der Waals surface area (Å²) in [6, 6.07) is 4.07. The first-order valence-electron chi connectivity index (χ1n) is 5.44. The minimum atomic E-state index is -0.948. The van der Waals surface area contributed by atoms with Crippen LogP contribution in [0.3, 0.4) is 0 Å². The summed E-state index contributed by atoms with van der Waals surface area (Å²) in [6.45, 7) is 1.68. The predicted octanol–water partition coefficient (Wildman–Crippen LogP) is 2.28. The van der Waals surface area contributed by atoms with Crippen molar-refractivity contribution in [3.8, 4) is 11.4 Å². The highest BCUT2D eigenvalue weighted by molar-refractivity contribution is 9.10. The highest BCUT2D eigenvalue weighted by atomic mass is 79.9. The van der Waals surface area contributed by atoms with Gasteiger partial charge in [0.2, 0.25) is 0 Å². The van der Waals surface area contributed by atoms with Crippen LogP contribution in [0.15, 0.2) is 22.7 Å². The molecule has 1 N–H and O–H groups in total. The van der Waals surface area contributed by atoms with Crippen LogP contribution in [0.4, 0.5) is 4.39 Å². The number of hydrogen-bond acceptors (Lipinski definition) is 4. The Morgan fingerprint density at radius 2 is 2.32 bits per heavy atom. The summed E-state index contributed by atoms with van der Waals surface area (Å²) in [5, 5.41) is 19.9. The Balaban J connectivity index is 2.38. The van der Waals surface area contributed by atoms with E-state index in [1.54, 1.807) is 19.1 Å². The molecule has 0 saturated heterocycles. The summed E-state index contributed by atoms with van der Waals surface area (Å²) in [6.07, 6.45) is -0.114. The number of rotatable bonds is 4. The zero-order valence-electron chi connectivity index (χ0n) is 9.92. The van der Waals surface area contributed by atoms with E-state index in [1.807, 2.05) is 0 Å². The number of carboxylic acid groups (broad SMARTS) is 1.